The van der Waals surface area contributed by atoms with Crippen molar-refractivity contribution in [1.29, 1.82) is 0 Å². The molecule has 3 saturated heterocycles. The lowest BCUT2D eigenvalue weighted by atomic mass is 9.74. The third-order valence-corrected chi connectivity index (χ3v) is 26.3. The smallest absolute Gasteiger partial charge is 0.383 e. The number of likely N-dealkylation sites (N-methyl/N-ethyl adjacent to an activating group) is 7. The van der Waals surface area contributed by atoms with Crippen molar-refractivity contribution in [3.63, 3.8) is 0 Å². The largest absolute Gasteiger partial charge is 0.391 e. The molecule has 13 atom stereocenters. The summed E-state index contributed by atoms with van der Waals surface area (Å²) in [6.07, 6.45) is 6.49. The number of ether oxygens (including phenoxy) is 2. The van der Waals surface area contributed by atoms with Crippen molar-refractivity contribution in [3.05, 3.63) is 12.2 Å². The number of thioether (sulfide) groups is 1. The normalized spacial score (nSPS) is 31.9. The Labute approximate surface area is 629 Å². The van der Waals surface area contributed by atoms with Crippen molar-refractivity contribution in [3.8, 4) is 0 Å². The first-order valence-corrected chi connectivity index (χ1v) is 40.1. The number of alkyl halides is 3. The summed E-state index contributed by atoms with van der Waals surface area (Å²) in [5, 5.41) is 9.49. The second kappa shape index (κ2) is 38.2. The van der Waals surface area contributed by atoms with E-state index in [2.05, 4.69) is 16.0 Å². The highest BCUT2D eigenvalue weighted by molar-refractivity contribution is 8.00. The van der Waals surface area contributed by atoms with E-state index in [4.69, 9.17) is 9.47 Å². The van der Waals surface area contributed by atoms with Gasteiger partial charge in [0.05, 0.1) is 38.1 Å². The van der Waals surface area contributed by atoms with Crippen LogP contribution in [-0.2, 0) is 67.0 Å². The number of hydrogen-bond acceptors (Lipinski definition) is 15. The summed E-state index contributed by atoms with van der Waals surface area (Å²) in [5.41, 5.74) is -1.54. The predicted octanol–water partition coefficient (Wildman–Crippen LogP) is 5.39. The molecule has 3 N–H and O–H groups in total. The number of carbonyl (C=O) groups excluding carboxylic acids is 12. The number of amides is 12. The molecule has 106 heavy (non-hydrogen) atoms. The fourth-order valence-corrected chi connectivity index (χ4v) is 19.2. The molecule has 4 heterocycles. The highest BCUT2D eigenvalue weighted by atomic mass is 32.2. The van der Waals surface area contributed by atoms with E-state index in [1.807, 2.05) is 18.7 Å². The van der Waals surface area contributed by atoms with E-state index in [0.717, 1.165) is 54.1 Å². The van der Waals surface area contributed by atoms with Gasteiger partial charge in [-0.05, 0) is 164 Å². The molecule has 12 amide bonds. The van der Waals surface area contributed by atoms with Crippen LogP contribution < -0.4 is 16.0 Å². The molecule has 4 aliphatic carbocycles. The predicted molar refractivity (Wildman–Crippen MR) is 392 cm³/mol. The van der Waals surface area contributed by atoms with Crippen LogP contribution in [0.3, 0.4) is 0 Å². The molecule has 0 aromatic carbocycles. The number of nitrogens with zero attached hydrogens (tertiary/aromatic N) is 9. The molecule has 8 aliphatic rings. The summed E-state index contributed by atoms with van der Waals surface area (Å²) in [7, 11) is 11.5. The lowest BCUT2D eigenvalue weighted by molar-refractivity contribution is -0.184. The first-order valence-electron chi connectivity index (χ1n) is 39.1. The summed E-state index contributed by atoms with van der Waals surface area (Å²) in [6.45, 7) is 6.15. The second-order valence-electron chi connectivity index (χ2n) is 31.7. The molecule has 26 nitrogen and oxygen atoms in total. The van der Waals surface area contributed by atoms with Crippen molar-refractivity contribution in [2.24, 2.45) is 35.5 Å². The van der Waals surface area contributed by atoms with Crippen molar-refractivity contribution >= 4 is 82.6 Å². The minimum Gasteiger partial charge on any atom is -0.383 e. The molecule has 1 spiro atoms. The van der Waals surface area contributed by atoms with Crippen LogP contribution in [0.4, 0.5) is 13.2 Å². The zero-order valence-corrected chi connectivity index (χ0v) is 65.6. The molecule has 0 radical (unpaired) electrons. The van der Waals surface area contributed by atoms with E-state index in [-0.39, 0.29) is 116 Å². The Morgan fingerprint density at radius 1 is 0.689 bits per heavy atom. The number of fused-ring (bicyclic) bond motifs is 4. The van der Waals surface area contributed by atoms with Gasteiger partial charge in [-0.15, -0.1) is 0 Å². The Morgan fingerprint density at radius 3 is 2.00 bits per heavy atom. The summed E-state index contributed by atoms with van der Waals surface area (Å²) in [5.74, 6) is -9.00. The average Bonchev–Trinajstić information content (AvgIpc) is 1.10. The average molecular weight is 1520 g/mol. The van der Waals surface area contributed by atoms with E-state index in [1.54, 1.807) is 32.9 Å². The minimum absolute atomic E-state index is 0.0219. The number of hydrogen-bond donors (Lipinski definition) is 3. The van der Waals surface area contributed by atoms with Crippen LogP contribution in [0.15, 0.2) is 12.2 Å². The highest BCUT2D eigenvalue weighted by Crippen LogP contribution is 2.46. The van der Waals surface area contributed by atoms with Crippen LogP contribution in [0.5, 0.6) is 0 Å². The van der Waals surface area contributed by atoms with Crippen LogP contribution in [0.1, 0.15) is 182 Å². The van der Waals surface area contributed by atoms with E-state index in [0.29, 0.717) is 43.3 Å². The molecule has 8 rings (SSSR count). The van der Waals surface area contributed by atoms with Crippen LogP contribution in [0.2, 0.25) is 0 Å². The molecular weight excluding hydrogens is 1390 g/mol. The van der Waals surface area contributed by atoms with Gasteiger partial charge in [-0.3, -0.25) is 57.5 Å². The molecule has 7 fully saturated rings. The van der Waals surface area contributed by atoms with Gasteiger partial charge < -0.3 is 69.5 Å². The van der Waals surface area contributed by atoms with Crippen LogP contribution in [-0.4, -0.2) is 295 Å². The zero-order valence-electron chi connectivity index (χ0n) is 64.8. The Bertz CT molecular complexity index is 3150. The third kappa shape index (κ3) is 20.5. The molecular formula is C76H121F3N12O14S. The first kappa shape index (κ1) is 85.1. The SMILES string of the molecule is CCO[C@@H]1C[C@H]2C(=O)NC3(CCC3)C(=O)N(C)[C@@H](C3CCCC3)C(=O)N(C)[C@H](C(=O)N(C)CCOC)CC(=O)N(C)[C@@H](CC)C(=O)N[C@@H]([C@@H](C)CC)C(=O)N(C)CC(=O)N(C)[C@H]3C/C=C\CCN(C3=O)[C@@H](CC3CCC(C(F)(F)F)CC3)C(=O)N(C)CC(=O)N[C@@H](CCC3CCC4SCCC4C3)C(=O)N2C1. The standard InChI is InChI=1S/C76H121F3N12O14S/c1-13-47(4)64-72(101)85(7)46-63(94)87(9)56-24-17-16-20-36-90(71(56)100)59(41-49-25-29-52(30-26-49)76(77,78)79)70(99)84(6)45-61(92)80-54(31-27-48-28-32-60-51(40-48)33-39-106-60)68(97)91-44-53(105-15-3)42-57(91)67(96)82-75(34-21-35-75)74(103)89(11)65(50-22-18-19-23-50)73(102)88(10)58(69(98)83(5)37-38-104-12)43-62(93)86(8)55(14-2)66(95)81-64/h16-17,47-60,64-65H,13-15,18-46H2,1-12H3,(H,80,92)(H,81,95)(H,82,96)/b17-16-/t47-,48?,49?,51?,52?,53+,54-,55-,56-,57-,58-,59-,60?,64-,65-/m0/s1. The number of halogens is 3. The van der Waals surface area contributed by atoms with Gasteiger partial charge in [-0.2, -0.15) is 24.9 Å². The Balaban J connectivity index is 1.19. The quantitative estimate of drug-likeness (QED) is 0.173. The number of methoxy groups -OCH3 is 1. The van der Waals surface area contributed by atoms with Gasteiger partial charge >= 0.3 is 6.18 Å². The maximum atomic E-state index is 15.7. The Kier molecular flexibility index (Phi) is 30.6. The van der Waals surface area contributed by atoms with Crippen molar-refractivity contribution in [2.75, 3.05) is 108 Å². The molecule has 0 aromatic heterocycles. The van der Waals surface area contributed by atoms with E-state index in [1.165, 1.54) is 90.7 Å². The molecule has 2 bridgehead atoms. The lowest BCUT2D eigenvalue weighted by Crippen LogP contribution is -2.68. The summed E-state index contributed by atoms with van der Waals surface area (Å²) >= 11 is 1.99. The molecule has 0 aromatic rings. The molecule has 4 aliphatic heterocycles. The van der Waals surface area contributed by atoms with Crippen LogP contribution >= 0.6 is 11.8 Å². The topological polar surface area (TPSA) is 289 Å². The lowest BCUT2D eigenvalue weighted by Gasteiger charge is -2.46. The fourth-order valence-electron chi connectivity index (χ4n) is 17.6. The molecule has 30 heteroatoms. The number of nitrogens with one attached hydrogen (secondary N) is 3. The number of carbonyl (C=O) groups is 12. The van der Waals surface area contributed by atoms with Gasteiger partial charge in [0.15, 0.2) is 0 Å². The summed E-state index contributed by atoms with van der Waals surface area (Å²) < 4.78 is 53.9. The Hall–Kier alpha value is -6.56. The minimum atomic E-state index is -4.43. The third-order valence-electron chi connectivity index (χ3n) is 24.7. The fraction of sp³-hybridized carbons (Fsp3) is 0.816. The van der Waals surface area contributed by atoms with Gasteiger partial charge in [-0.25, -0.2) is 0 Å². The van der Waals surface area contributed by atoms with Gasteiger partial charge in [0.2, 0.25) is 70.9 Å². The maximum Gasteiger partial charge on any atom is 0.391 e. The Morgan fingerprint density at radius 2 is 1.37 bits per heavy atom. The van der Waals surface area contributed by atoms with Crippen molar-refractivity contribution in [1.82, 2.24) is 60.0 Å². The second-order valence-corrected chi connectivity index (χ2v) is 33.0. The summed E-state index contributed by atoms with van der Waals surface area (Å²) in [4.78, 5) is 193. The van der Waals surface area contributed by atoms with E-state index < -0.39 is 180 Å². The van der Waals surface area contributed by atoms with E-state index in [9.17, 15) is 41.9 Å². The van der Waals surface area contributed by atoms with Crippen molar-refractivity contribution in [2.45, 2.75) is 253 Å². The van der Waals surface area contributed by atoms with Gasteiger partial charge in [-0.1, -0.05) is 52.2 Å². The van der Waals surface area contributed by atoms with Gasteiger partial charge in [0, 0.05) is 94.4 Å². The van der Waals surface area contributed by atoms with Crippen LogP contribution in [0.25, 0.3) is 0 Å². The number of rotatable bonds is 15. The molecule has 4 saturated carbocycles. The monoisotopic (exact) mass is 1510 g/mol. The highest BCUT2D eigenvalue weighted by Gasteiger charge is 2.54. The van der Waals surface area contributed by atoms with Gasteiger partial charge in [0.25, 0.3) is 0 Å². The van der Waals surface area contributed by atoms with Crippen LogP contribution in [0, 0.1) is 35.5 Å². The maximum absolute atomic E-state index is 15.7. The zero-order chi connectivity index (χ0) is 77.6. The summed E-state index contributed by atoms with van der Waals surface area (Å²) in [6, 6.07) is -10.1. The van der Waals surface area contributed by atoms with Gasteiger partial charge in [0.1, 0.15) is 53.9 Å². The van der Waals surface area contributed by atoms with Crippen molar-refractivity contribution < 1.29 is 80.2 Å². The molecule has 3 unspecified atom stereocenters. The van der Waals surface area contributed by atoms with E-state index >= 15 is 28.8 Å². The first-order chi connectivity index (χ1) is 50.3. The molecule has 596 valence electrons.